The molecule has 0 saturated heterocycles. The van der Waals surface area contributed by atoms with Crippen molar-refractivity contribution in [2.75, 3.05) is 19.5 Å². The molecule has 0 saturated carbocycles. The molecule has 30 heavy (non-hydrogen) atoms. The Hall–Kier alpha value is -3.57. The van der Waals surface area contributed by atoms with Gasteiger partial charge in [0, 0.05) is 17.1 Å². The first-order valence-corrected chi connectivity index (χ1v) is 9.24. The Kier molecular flexibility index (Phi) is 6.88. The summed E-state index contributed by atoms with van der Waals surface area (Å²) in [6.07, 6.45) is 5.73. The minimum atomic E-state index is 0. The monoisotopic (exact) mass is 419 g/mol. The lowest BCUT2D eigenvalue weighted by Gasteiger charge is -2.12. The van der Waals surface area contributed by atoms with Crippen LogP contribution in [0.25, 0.3) is 23.1 Å². The van der Waals surface area contributed by atoms with Crippen molar-refractivity contribution < 1.29 is 9.47 Å². The molecule has 0 bridgehead atoms. The van der Waals surface area contributed by atoms with E-state index in [4.69, 9.17) is 9.47 Å². The van der Waals surface area contributed by atoms with Gasteiger partial charge in [0.25, 0.3) is 0 Å². The van der Waals surface area contributed by atoms with Gasteiger partial charge in [0.1, 0.15) is 12.1 Å². The lowest BCUT2D eigenvalue weighted by atomic mass is 10.1. The van der Waals surface area contributed by atoms with E-state index < -0.39 is 0 Å². The number of methoxy groups -OCH3 is 2. The summed E-state index contributed by atoms with van der Waals surface area (Å²) in [7, 11) is 3.22. The van der Waals surface area contributed by atoms with E-state index in [2.05, 4.69) is 51.7 Å². The third-order valence-electron chi connectivity index (χ3n) is 4.58. The number of rotatable bonds is 6. The van der Waals surface area contributed by atoms with Crippen LogP contribution < -0.4 is 14.8 Å². The summed E-state index contributed by atoms with van der Waals surface area (Å²) >= 11 is 0. The number of ether oxygens (including phenoxy) is 2. The molecule has 0 unspecified atom stereocenters. The lowest BCUT2D eigenvalue weighted by molar-refractivity contribution is 0.356. The molecule has 0 aliphatic carbocycles. The number of benzene rings is 3. The van der Waals surface area contributed by atoms with Crippen LogP contribution in [0.5, 0.6) is 11.5 Å². The lowest BCUT2D eigenvalue weighted by Crippen LogP contribution is -1.98. The van der Waals surface area contributed by atoms with Crippen molar-refractivity contribution in [3.05, 3.63) is 84.2 Å². The molecular formula is C24H22ClN3O2. The molecule has 4 aromatic rings. The molecule has 1 aromatic heterocycles. The van der Waals surface area contributed by atoms with Crippen molar-refractivity contribution in [1.82, 2.24) is 9.97 Å². The molecule has 4 rings (SSSR count). The van der Waals surface area contributed by atoms with Gasteiger partial charge in [-0.05, 0) is 29.3 Å². The Labute approximate surface area is 181 Å². The maximum atomic E-state index is 5.41. The van der Waals surface area contributed by atoms with E-state index in [1.807, 2.05) is 42.5 Å². The molecule has 0 radical (unpaired) electrons. The van der Waals surface area contributed by atoms with E-state index >= 15 is 0 Å². The first kappa shape index (κ1) is 21.1. The van der Waals surface area contributed by atoms with Crippen LogP contribution in [0.1, 0.15) is 11.1 Å². The second-order valence-electron chi connectivity index (χ2n) is 6.44. The van der Waals surface area contributed by atoms with Gasteiger partial charge in [0.05, 0.1) is 19.7 Å². The molecule has 0 atom stereocenters. The largest absolute Gasteiger partial charge is 0.493 e. The van der Waals surface area contributed by atoms with E-state index in [-0.39, 0.29) is 12.4 Å². The van der Waals surface area contributed by atoms with E-state index in [1.165, 1.54) is 11.9 Å². The molecule has 0 aliphatic rings. The average molecular weight is 420 g/mol. The second-order valence-corrected chi connectivity index (χ2v) is 6.44. The Bertz CT molecular complexity index is 1150. The van der Waals surface area contributed by atoms with Gasteiger partial charge in [-0.15, -0.1) is 12.4 Å². The van der Waals surface area contributed by atoms with Gasteiger partial charge in [-0.25, -0.2) is 9.97 Å². The standard InChI is InChI=1S/C24H21N3O2.ClH/c1-28-22-14-20-21(15-23(22)29-2)25-16-26-24(20)27-19-12-10-18(11-13-19)9-8-17-6-4-3-5-7-17;/h3-16H,1-2H3,(H,25,26,27);1H/b9-8+;. The van der Waals surface area contributed by atoms with Gasteiger partial charge >= 0.3 is 0 Å². The van der Waals surface area contributed by atoms with Gasteiger partial charge in [-0.1, -0.05) is 54.6 Å². The summed E-state index contributed by atoms with van der Waals surface area (Å²) in [5.74, 6) is 1.99. The highest BCUT2D eigenvalue weighted by molar-refractivity contribution is 5.93. The normalized spacial score (nSPS) is 10.6. The quantitative estimate of drug-likeness (QED) is 0.389. The molecule has 5 nitrogen and oxygen atoms in total. The van der Waals surface area contributed by atoms with E-state index in [9.17, 15) is 0 Å². The SMILES string of the molecule is COc1cc2ncnc(Nc3ccc(/C=C/c4ccccc4)cc3)c2cc1OC.Cl. The van der Waals surface area contributed by atoms with Crippen LogP contribution in [0, 0.1) is 0 Å². The summed E-state index contributed by atoms with van der Waals surface area (Å²) in [6, 6.07) is 22.1. The van der Waals surface area contributed by atoms with Crippen LogP contribution in [-0.4, -0.2) is 24.2 Å². The van der Waals surface area contributed by atoms with Gasteiger partial charge in [-0.3, -0.25) is 0 Å². The predicted molar refractivity (Wildman–Crippen MR) is 125 cm³/mol. The summed E-state index contributed by atoms with van der Waals surface area (Å²) in [6.45, 7) is 0. The fourth-order valence-electron chi connectivity index (χ4n) is 3.05. The fourth-order valence-corrected chi connectivity index (χ4v) is 3.05. The smallest absolute Gasteiger partial charge is 0.162 e. The first-order valence-electron chi connectivity index (χ1n) is 9.24. The highest BCUT2D eigenvalue weighted by atomic mass is 35.5. The van der Waals surface area contributed by atoms with E-state index in [1.54, 1.807) is 14.2 Å². The number of halogens is 1. The fraction of sp³-hybridized carbons (Fsp3) is 0.0833. The summed E-state index contributed by atoms with van der Waals surface area (Å²) in [5.41, 5.74) is 4.02. The van der Waals surface area contributed by atoms with Crippen LogP contribution in [-0.2, 0) is 0 Å². The number of hydrogen-bond acceptors (Lipinski definition) is 5. The van der Waals surface area contributed by atoms with Crippen molar-refractivity contribution in [3.8, 4) is 11.5 Å². The zero-order chi connectivity index (χ0) is 20.1. The minimum absolute atomic E-state index is 0. The van der Waals surface area contributed by atoms with E-state index in [0.717, 1.165) is 22.2 Å². The number of anilines is 2. The highest BCUT2D eigenvalue weighted by Crippen LogP contribution is 2.34. The maximum Gasteiger partial charge on any atom is 0.162 e. The molecule has 1 heterocycles. The topological polar surface area (TPSA) is 56.3 Å². The molecule has 3 aromatic carbocycles. The summed E-state index contributed by atoms with van der Waals surface area (Å²) in [4.78, 5) is 8.74. The molecule has 6 heteroatoms. The first-order chi connectivity index (χ1) is 14.3. The van der Waals surface area contributed by atoms with Crippen LogP contribution in [0.3, 0.4) is 0 Å². The molecule has 0 aliphatic heterocycles. The minimum Gasteiger partial charge on any atom is -0.493 e. The molecular weight excluding hydrogens is 398 g/mol. The van der Waals surface area contributed by atoms with Crippen LogP contribution >= 0.6 is 12.4 Å². The Morgan fingerprint density at radius 3 is 2.07 bits per heavy atom. The van der Waals surface area contributed by atoms with Crippen molar-refractivity contribution in [1.29, 1.82) is 0 Å². The van der Waals surface area contributed by atoms with Crippen LogP contribution in [0.2, 0.25) is 0 Å². The molecule has 0 spiro atoms. The number of hydrogen-bond donors (Lipinski definition) is 1. The van der Waals surface area contributed by atoms with Gasteiger partial charge in [0.15, 0.2) is 11.5 Å². The third-order valence-corrected chi connectivity index (χ3v) is 4.58. The third kappa shape index (κ3) is 4.70. The van der Waals surface area contributed by atoms with E-state index in [0.29, 0.717) is 17.3 Å². The van der Waals surface area contributed by atoms with Crippen molar-refractivity contribution in [2.45, 2.75) is 0 Å². The Morgan fingerprint density at radius 1 is 0.767 bits per heavy atom. The molecule has 152 valence electrons. The van der Waals surface area contributed by atoms with Gasteiger partial charge in [0.2, 0.25) is 0 Å². The maximum absolute atomic E-state index is 5.41. The van der Waals surface area contributed by atoms with Crippen molar-refractivity contribution in [3.63, 3.8) is 0 Å². The molecule has 0 fully saturated rings. The number of nitrogens with zero attached hydrogens (tertiary/aromatic N) is 2. The zero-order valence-corrected chi connectivity index (χ0v) is 17.5. The Balaban J connectivity index is 0.00000256. The predicted octanol–water partition coefficient (Wildman–Crippen LogP) is 5.98. The second kappa shape index (κ2) is 9.76. The molecule has 1 N–H and O–H groups in total. The highest BCUT2D eigenvalue weighted by Gasteiger charge is 2.11. The number of fused-ring (bicyclic) bond motifs is 1. The van der Waals surface area contributed by atoms with Crippen LogP contribution in [0.4, 0.5) is 11.5 Å². The van der Waals surface area contributed by atoms with Crippen molar-refractivity contribution in [2.24, 2.45) is 0 Å². The van der Waals surface area contributed by atoms with Crippen LogP contribution in [0.15, 0.2) is 73.1 Å². The zero-order valence-electron chi connectivity index (χ0n) is 16.7. The molecule has 0 amide bonds. The summed E-state index contributed by atoms with van der Waals surface area (Å²) in [5, 5.41) is 4.22. The summed E-state index contributed by atoms with van der Waals surface area (Å²) < 4.78 is 10.8. The Morgan fingerprint density at radius 2 is 1.40 bits per heavy atom. The number of nitrogens with one attached hydrogen (secondary N) is 1. The van der Waals surface area contributed by atoms with Crippen molar-refractivity contribution >= 4 is 47.0 Å². The van der Waals surface area contributed by atoms with Gasteiger partial charge in [-0.2, -0.15) is 0 Å². The number of aromatic nitrogens is 2. The average Bonchev–Trinajstić information content (AvgIpc) is 2.78. The van der Waals surface area contributed by atoms with Gasteiger partial charge < -0.3 is 14.8 Å².